The number of benzene rings is 1. The van der Waals surface area contributed by atoms with Crippen molar-refractivity contribution in [1.82, 2.24) is 30.6 Å². The zero-order chi connectivity index (χ0) is 32.1. The summed E-state index contributed by atoms with van der Waals surface area (Å²) in [6.45, 7) is 7.78. The van der Waals surface area contributed by atoms with Gasteiger partial charge in [0, 0.05) is 43.0 Å². The molecule has 1 aliphatic carbocycles. The summed E-state index contributed by atoms with van der Waals surface area (Å²) in [5.41, 5.74) is 3.46. The smallest absolute Gasteiger partial charge is 0.251 e. The first-order valence-electron chi connectivity index (χ1n) is 16.8. The quantitative estimate of drug-likeness (QED) is 0.249. The number of carbonyl (C=O) groups is 3. The van der Waals surface area contributed by atoms with E-state index in [2.05, 4.69) is 32.7 Å². The maximum atomic E-state index is 14.1. The maximum absolute atomic E-state index is 14.1. The van der Waals surface area contributed by atoms with Gasteiger partial charge in [0.2, 0.25) is 11.8 Å². The number of nitrogens with one attached hydrogen (secondary N) is 3. The van der Waals surface area contributed by atoms with Gasteiger partial charge in [-0.2, -0.15) is 5.10 Å². The third kappa shape index (κ3) is 7.12. The third-order valence-electron chi connectivity index (χ3n) is 10.3. The van der Waals surface area contributed by atoms with Crippen molar-refractivity contribution in [2.75, 3.05) is 32.8 Å². The second kappa shape index (κ2) is 15.7. The number of rotatable bonds is 11. The Kier molecular flexibility index (Phi) is 12.3. The van der Waals surface area contributed by atoms with E-state index in [1.165, 1.54) is 0 Å². The molecular weight excluding hydrogens is 608 g/mol. The molecule has 1 aromatic carbocycles. The number of nitrogens with zero attached hydrogens (tertiary/aromatic N) is 3. The lowest BCUT2D eigenvalue weighted by Crippen LogP contribution is -2.75. The van der Waals surface area contributed by atoms with Gasteiger partial charge in [-0.15, -0.1) is 12.4 Å². The third-order valence-corrected chi connectivity index (χ3v) is 10.3. The molecule has 3 aliphatic rings. The largest absolute Gasteiger partial charge is 0.395 e. The van der Waals surface area contributed by atoms with Crippen LogP contribution < -0.4 is 10.6 Å². The van der Waals surface area contributed by atoms with Gasteiger partial charge >= 0.3 is 0 Å². The minimum absolute atomic E-state index is 0. The van der Waals surface area contributed by atoms with Crippen LogP contribution in [-0.2, 0) is 9.59 Å². The average Bonchev–Trinajstić information content (AvgIpc) is 3.39. The highest BCUT2D eigenvalue weighted by Crippen LogP contribution is 2.40. The van der Waals surface area contributed by atoms with Crippen molar-refractivity contribution in [1.29, 1.82) is 0 Å². The molecule has 1 aromatic heterocycles. The van der Waals surface area contributed by atoms with Gasteiger partial charge in [0.15, 0.2) is 0 Å². The summed E-state index contributed by atoms with van der Waals surface area (Å²) in [5, 5.41) is 33.7. The lowest BCUT2D eigenvalue weighted by atomic mass is 9.77. The van der Waals surface area contributed by atoms with Gasteiger partial charge in [0.25, 0.3) is 5.91 Å². The first kappa shape index (κ1) is 35.9. The van der Waals surface area contributed by atoms with Crippen LogP contribution in [0.2, 0.25) is 0 Å². The lowest BCUT2D eigenvalue weighted by Gasteiger charge is -2.53. The summed E-state index contributed by atoms with van der Waals surface area (Å²) in [5.74, 6) is -0.507. The minimum atomic E-state index is -0.953. The van der Waals surface area contributed by atoms with Crippen molar-refractivity contribution in [3.05, 3.63) is 52.3 Å². The molecular formula is C34H51ClN6O5. The molecule has 3 atom stereocenters. The molecule has 0 radical (unpaired) electrons. The van der Waals surface area contributed by atoms with Crippen LogP contribution in [0.3, 0.4) is 0 Å². The van der Waals surface area contributed by atoms with E-state index in [1.807, 2.05) is 30.9 Å². The zero-order valence-electron chi connectivity index (χ0n) is 27.4. The summed E-state index contributed by atoms with van der Waals surface area (Å²) in [7, 11) is 0. The van der Waals surface area contributed by atoms with Crippen LogP contribution in [0.25, 0.3) is 0 Å². The second-order valence-corrected chi connectivity index (χ2v) is 13.1. The molecule has 11 nitrogen and oxygen atoms in total. The number of H-pyrrole nitrogens is 1. The minimum Gasteiger partial charge on any atom is -0.395 e. The summed E-state index contributed by atoms with van der Waals surface area (Å²) < 4.78 is 0. The van der Waals surface area contributed by atoms with Crippen molar-refractivity contribution < 1.29 is 24.6 Å². The Morgan fingerprint density at radius 3 is 2.37 bits per heavy atom. The van der Waals surface area contributed by atoms with Gasteiger partial charge in [-0.05, 0) is 69.6 Å². The summed E-state index contributed by atoms with van der Waals surface area (Å²) >= 11 is 0. The fraction of sp³-hybridized carbons (Fsp3) is 0.647. The van der Waals surface area contributed by atoms with E-state index >= 15 is 0 Å². The van der Waals surface area contributed by atoms with Crippen molar-refractivity contribution in [3.8, 4) is 0 Å². The van der Waals surface area contributed by atoms with Gasteiger partial charge in [0.05, 0.1) is 24.4 Å². The van der Waals surface area contributed by atoms with E-state index in [4.69, 9.17) is 5.11 Å². The number of piperidine rings is 1. The van der Waals surface area contributed by atoms with Crippen molar-refractivity contribution in [2.45, 2.75) is 102 Å². The van der Waals surface area contributed by atoms with Crippen molar-refractivity contribution >= 4 is 30.1 Å². The van der Waals surface area contributed by atoms with Gasteiger partial charge in [0.1, 0.15) is 11.6 Å². The van der Waals surface area contributed by atoms with E-state index < -0.39 is 17.7 Å². The molecule has 2 saturated heterocycles. The van der Waals surface area contributed by atoms with E-state index in [9.17, 15) is 19.5 Å². The van der Waals surface area contributed by atoms with Crippen molar-refractivity contribution in [2.24, 2.45) is 5.92 Å². The Hall–Kier alpha value is -2.99. The Labute approximate surface area is 278 Å². The first-order chi connectivity index (χ1) is 21.7. The second-order valence-electron chi connectivity index (χ2n) is 13.1. The van der Waals surface area contributed by atoms with Crippen LogP contribution in [0.4, 0.5) is 0 Å². The number of amides is 3. The molecule has 12 heteroatoms. The number of unbranched alkanes of at least 4 members (excludes halogenated alkanes) is 1. The van der Waals surface area contributed by atoms with Crippen LogP contribution in [0.1, 0.15) is 104 Å². The van der Waals surface area contributed by atoms with Gasteiger partial charge in [-0.25, -0.2) is 0 Å². The fourth-order valence-electron chi connectivity index (χ4n) is 7.72. The number of piperazine rings is 1. The van der Waals surface area contributed by atoms with Crippen LogP contribution in [0, 0.1) is 19.8 Å². The van der Waals surface area contributed by atoms with Gasteiger partial charge < -0.3 is 25.7 Å². The highest BCUT2D eigenvalue weighted by atomic mass is 35.5. The number of aromatic amines is 1. The van der Waals surface area contributed by atoms with Crippen molar-refractivity contribution in [3.63, 3.8) is 0 Å². The SMILES string of the molecule is CCCCN1C(=O)[C@@H]([C@H](O)C2CCCCC2)NC(=O)C12CCN(C(c1ccc(C(=O)NCCO)cc1)c1c(C)n[nH]c1C)CC2.Cl. The Balaban J connectivity index is 0.00000480. The molecule has 5 N–H and O–H groups in total. The average molecular weight is 659 g/mol. The number of halogens is 1. The fourth-order valence-corrected chi connectivity index (χ4v) is 7.72. The Bertz CT molecular complexity index is 1320. The van der Waals surface area contributed by atoms with Gasteiger partial charge in [-0.1, -0.05) is 44.7 Å². The molecule has 1 spiro atoms. The molecule has 254 valence electrons. The first-order valence-corrected chi connectivity index (χ1v) is 16.8. The summed E-state index contributed by atoms with van der Waals surface area (Å²) in [6.07, 6.45) is 6.82. The number of aromatic nitrogens is 2. The molecule has 46 heavy (non-hydrogen) atoms. The molecule has 3 fully saturated rings. The topological polar surface area (TPSA) is 151 Å². The molecule has 3 amide bonds. The lowest BCUT2D eigenvalue weighted by molar-refractivity contribution is -0.166. The van der Waals surface area contributed by atoms with Crippen LogP contribution in [0.15, 0.2) is 24.3 Å². The Morgan fingerprint density at radius 2 is 1.78 bits per heavy atom. The highest BCUT2D eigenvalue weighted by molar-refractivity contribution is 6.00. The molecule has 1 saturated carbocycles. The monoisotopic (exact) mass is 658 g/mol. The zero-order valence-corrected chi connectivity index (χ0v) is 28.2. The number of aliphatic hydroxyl groups excluding tert-OH is 2. The van der Waals surface area contributed by atoms with Crippen LogP contribution >= 0.6 is 12.4 Å². The standard InChI is InChI=1S/C34H50N6O5.ClH/c1-4-5-18-40-32(44)28(30(42)25-9-7-6-8-10-25)36-33(45)34(40)15-19-39(20-16-34)29(27-22(2)37-38-23(27)3)24-11-13-26(14-12-24)31(43)35-17-21-41;/h11-14,25,28-30,41-42H,4-10,15-21H2,1-3H3,(H,35,43)(H,36,45)(H,37,38);1H/t28-,29?,30-;/m1./s1. The number of aryl methyl sites for hydroxylation is 2. The number of aliphatic hydroxyl groups is 2. The predicted octanol–water partition coefficient (Wildman–Crippen LogP) is 3.16. The van der Waals surface area contributed by atoms with E-state index in [0.717, 1.165) is 67.5 Å². The number of hydrogen-bond acceptors (Lipinski definition) is 7. The van der Waals surface area contributed by atoms with Crippen LogP contribution in [-0.4, -0.2) is 98.4 Å². The molecule has 5 rings (SSSR count). The van der Waals surface area contributed by atoms with Crippen LogP contribution in [0.5, 0.6) is 0 Å². The summed E-state index contributed by atoms with van der Waals surface area (Å²) in [6, 6.07) is 6.44. The van der Waals surface area contributed by atoms with E-state index in [-0.39, 0.29) is 55.2 Å². The molecule has 3 heterocycles. The number of carbonyl (C=O) groups excluding carboxylic acids is 3. The highest BCUT2D eigenvalue weighted by Gasteiger charge is 2.55. The maximum Gasteiger partial charge on any atom is 0.251 e. The van der Waals surface area contributed by atoms with Gasteiger partial charge in [-0.3, -0.25) is 24.4 Å². The molecule has 1 unspecified atom stereocenters. The molecule has 2 aliphatic heterocycles. The molecule has 2 aromatic rings. The number of hydrogen-bond donors (Lipinski definition) is 5. The predicted molar refractivity (Wildman–Crippen MR) is 178 cm³/mol. The van der Waals surface area contributed by atoms with E-state index in [1.54, 1.807) is 12.1 Å². The normalized spacial score (nSPS) is 21.8. The summed E-state index contributed by atoms with van der Waals surface area (Å²) in [4.78, 5) is 44.8. The van der Waals surface area contributed by atoms with E-state index in [0.29, 0.717) is 38.0 Å². The Morgan fingerprint density at radius 1 is 1.11 bits per heavy atom. The number of likely N-dealkylation sites (tertiary alicyclic amines) is 1. The molecule has 0 bridgehead atoms.